The predicted molar refractivity (Wildman–Crippen MR) is 51.8 cm³/mol. The van der Waals surface area contributed by atoms with Crippen molar-refractivity contribution in [3.63, 3.8) is 0 Å². The molecule has 2 fully saturated rings. The molecule has 1 aliphatic carbocycles. The van der Waals surface area contributed by atoms with Crippen molar-refractivity contribution >= 4 is 5.78 Å². The van der Waals surface area contributed by atoms with Crippen LogP contribution < -0.4 is 0 Å². The van der Waals surface area contributed by atoms with Gasteiger partial charge in [-0.15, -0.1) is 0 Å². The Morgan fingerprint density at radius 2 is 1.93 bits per heavy atom. The first-order valence-corrected chi connectivity index (χ1v) is 5.42. The minimum atomic E-state index is -0.566. The van der Waals surface area contributed by atoms with Gasteiger partial charge in [0.05, 0.1) is 19.1 Å². The fourth-order valence-electron chi connectivity index (χ4n) is 2.70. The number of Topliss-reactive ketones (excluding diaryl/α,β-unsaturated/α-hetero) is 1. The Morgan fingerprint density at radius 3 is 2.50 bits per heavy atom. The molecule has 2 aliphatic rings. The Kier molecular flexibility index (Phi) is 2.62. The largest absolute Gasteiger partial charge is 0.347 e. The Labute approximate surface area is 84.8 Å². The van der Waals surface area contributed by atoms with Crippen molar-refractivity contribution in [3.8, 4) is 0 Å². The van der Waals surface area contributed by atoms with Crippen LogP contribution in [0.1, 0.15) is 33.1 Å². The molecule has 0 aromatic heterocycles. The monoisotopic (exact) mass is 198 g/mol. The summed E-state index contributed by atoms with van der Waals surface area (Å²) < 4.78 is 11.4. The summed E-state index contributed by atoms with van der Waals surface area (Å²) in [5, 5.41) is 0. The third kappa shape index (κ3) is 1.59. The van der Waals surface area contributed by atoms with Crippen LogP contribution in [0.2, 0.25) is 0 Å². The number of rotatable bonds is 1. The molecule has 1 saturated carbocycles. The highest BCUT2D eigenvalue weighted by Crippen LogP contribution is 2.43. The van der Waals surface area contributed by atoms with E-state index < -0.39 is 5.79 Å². The van der Waals surface area contributed by atoms with Gasteiger partial charge >= 0.3 is 0 Å². The van der Waals surface area contributed by atoms with E-state index in [9.17, 15) is 4.79 Å². The third-order valence-electron chi connectivity index (χ3n) is 3.38. The van der Waals surface area contributed by atoms with Gasteiger partial charge in [0.2, 0.25) is 0 Å². The molecule has 14 heavy (non-hydrogen) atoms. The summed E-state index contributed by atoms with van der Waals surface area (Å²) >= 11 is 0. The van der Waals surface area contributed by atoms with Crippen molar-refractivity contribution < 1.29 is 14.3 Å². The lowest BCUT2D eigenvalue weighted by Crippen LogP contribution is -2.47. The van der Waals surface area contributed by atoms with Crippen molar-refractivity contribution in [3.05, 3.63) is 0 Å². The van der Waals surface area contributed by atoms with Crippen molar-refractivity contribution in [2.75, 3.05) is 13.2 Å². The van der Waals surface area contributed by atoms with Gasteiger partial charge in [-0.05, 0) is 25.7 Å². The number of hydrogen-bond donors (Lipinski definition) is 0. The molecule has 1 saturated heterocycles. The molecular weight excluding hydrogens is 180 g/mol. The number of ether oxygens (including phenoxy) is 2. The van der Waals surface area contributed by atoms with Crippen LogP contribution in [0.25, 0.3) is 0 Å². The molecule has 0 unspecified atom stereocenters. The maximum atomic E-state index is 11.5. The molecule has 1 aliphatic heterocycles. The summed E-state index contributed by atoms with van der Waals surface area (Å²) in [6, 6.07) is 0. The van der Waals surface area contributed by atoms with Crippen molar-refractivity contribution in [2.45, 2.75) is 38.9 Å². The summed E-state index contributed by atoms with van der Waals surface area (Å²) in [5.74, 6) is 0.201. The van der Waals surface area contributed by atoms with Crippen molar-refractivity contribution in [1.29, 1.82) is 0 Å². The fourth-order valence-corrected chi connectivity index (χ4v) is 2.70. The molecule has 80 valence electrons. The first-order chi connectivity index (χ1) is 6.64. The average Bonchev–Trinajstić information content (AvgIpc) is 2.52. The van der Waals surface area contributed by atoms with Gasteiger partial charge in [0.15, 0.2) is 5.79 Å². The van der Waals surface area contributed by atoms with Gasteiger partial charge in [-0.3, -0.25) is 4.79 Å². The first-order valence-electron chi connectivity index (χ1n) is 5.42. The Hall–Kier alpha value is -0.410. The van der Waals surface area contributed by atoms with Gasteiger partial charge in [-0.2, -0.15) is 0 Å². The highest BCUT2D eigenvalue weighted by Gasteiger charge is 2.49. The molecule has 3 heteroatoms. The maximum Gasteiger partial charge on any atom is 0.178 e. The van der Waals surface area contributed by atoms with Gasteiger partial charge < -0.3 is 9.47 Å². The zero-order chi connectivity index (χ0) is 10.2. The van der Waals surface area contributed by atoms with E-state index in [1.807, 2.05) is 0 Å². The molecule has 0 amide bonds. The first kappa shape index (κ1) is 10.1. The maximum absolute atomic E-state index is 11.5. The number of ketones is 1. The topological polar surface area (TPSA) is 35.5 Å². The van der Waals surface area contributed by atoms with Crippen molar-refractivity contribution in [2.24, 2.45) is 11.8 Å². The van der Waals surface area contributed by atoms with E-state index in [2.05, 4.69) is 6.92 Å². The molecule has 0 aromatic rings. The fraction of sp³-hybridized carbons (Fsp3) is 0.909. The minimum Gasteiger partial charge on any atom is -0.347 e. The summed E-state index contributed by atoms with van der Waals surface area (Å²) in [4.78, 5) is 11.5. The molecule has 1 spiro atoms. The van der Waals surface area contributed by atoms with Crippen LogP contribution in [-0.2, 0) is 14.3 Å². The smallest absolute Gasteiger partial charge is 0.178 e. The normalized spacial score (nSPS) is 36.1. The van der Waals surface area contributed by atoms with E-state index >= 15 is 0 Å². The summed E-state index contributed by atoms with van der Waals surface area (Å²) in [7, 11) is 0. The molecule has 0 N–H and O–H groups in total. The van der Waals surface area contributed by atoms with Crippen LogP contribution in [0.3, 0.4) is 0 Å². The average molecular weight is 198 g/mol. The minimum absolute atomic E-state index is 0.0406. The second-order valence-corrected chi connectivity index (χ2v) is 4.56. The summed E-state index contributed by atoms with van der Waals surface area (Å²) in [6.07, 6.45) is 2.90. The molecule has 1 heterocycles. The zero-order valence-electron chi connectivity index (χ0n) is 8.91. The second kappa shape index (κ2) is 3.63. The SMILES string of the molecule is CC(=O)[C@@H]1CC[C@@H](C)CC12OCCO2. The molecule has 3 nitrogen and oxygen atoms in total. The highest BCUT2D eigenvalue weighted by atomic mass is 16.7. The number of carbonyl (C=O) groups excluding carboxylic acids is 1. The van der Waals surface area contributed by atoms with E-state index in [4.69, 9.17) is 9.47 Å². The van der Waals surface area contributed by atoms with Crippen molar-refractivity contribution in [1.82, 2.24) is 0 Å². The van der Waals surface area contributed by atoms with E-state index in [-0.39, 0.29) is 11.7 Å². The van der Waals surface area contributed by atoms with Crippen LogP contribution in [0.15, 0.2) is 0 Å². The van der Waals surface area contributed by atoms with Gasteiger partial charge in [0.1, 0.15) is 5.78 Å². The van der Waals surface area contributed by atoms with Crippen LogP contribution in [-0.4, -0.2) is 24.8 Å². The molecule has 2 rings (SSSR count). The van der Waals surface area contributed by atoms with E-state index in [0.717, 1.165) is 19.3 Å². The van der Waals surface area contributed by atoms with Crippen LogP contribution >= 0.6 is 0 Å². The summed E-state index contributed by atoms with van der Waals surface area (Å²) in [6.45, 7) is 5.11. The zero-order valence-corrected chi connectivity index (χ0v) is 8.91. The van der Waals surface area contributed by atoms with Crippen LogP contribution in [0, 0.1) is 11.8 Å². The third-order valence-corrected chi connectivity index (χ3v) is 3.38. The molecule has 0 radical (unpaired) electrons. The lowest BCUT2D eigenvalue weighted by atomic mass is 9.76. The van der Waals surface area contributed by atoms with E-state index in [1.54, 1.807) is 6.92 Å². The number of carbonyl (C=O) groups is 1. The van der Waals surface area contributed by atoms with E-state index in [0.29, 0.717) is 19.1 Å². The lowest BCUT2D eigenvalue weighted by Gasteiger charge is -2.40. The van der Waals surface area contributed by atoms with Crippen LogP contribution in [0.5, 0.6) is 0 Å². The van der Waals surface area contributed by atoms with E-state index in [1.165, 1.54) is 0 Å². The quantitative estimate of drug-likeness (QED) is 0.644. The Morgan fingerprint density at radius 1 is 1.29 bits per heavy atom. The van der Waals surface area contributed by atoms with Gasteiger partial charge in [-0.1, -0.05) is 6.92 Å². The second-order valence-electron chi connectivity index (χ2n) is 4.56. The van der Waals surface area contributed by atoms with Gasteiger partial charge in [-0.25, -0.2) is 0 Å². The molecule has 0 aromatic carbocycles. The molecular formula is C11H18O3. The Balaban J connectivity index is 2.18. The summed E-state index contributed by atoms with van der Waals surface area (Å²) in [5.41, 5.74) is 0. The lowest BCUT2D eigenvalue weighted by molar-refractivity contribution is -0.217. The standard InChI is InChI=1S/C11H18O3/c1-8-3-4-10(9(2)12)11(7-8)13-5-6-14-11/h8,10H,3-7H2,1-2H3/t8-,10+/m1/s1. The van der Waals surface area contributed by atoms with Crippen LogP contribution in [0.4, 0.5) is 0 Å². The Bertz CT molecular complexity index is 231. The predicted octanol–water partition coefficient (Wildman–Crippen LogP) is 1.75. The van der Waals surface area contributed by atoms with Gasteiger partial charge in [0, 0.05) is 6.42 Å². The molecule has 2 atom stereocenters. The number of hydrogen-bond acceptors (Lipinski definition) is 3. The van der Waals surface area contributed by atoms with Gasteiger partial charge in [0.25, 0.3) is 0 Å². The highest BCUT2D eigenvalue weighted by molar-refractivity contribution is 5.79. The molecule has 0 bridgehead atoms.